The highest BCUT2D eigenvalue weighted by Gasteiger charge is 2.22. The molecule has 0 bridgehead atoms. The first-order valence-electron chi connectivity index (χ1n) is 7.89. The Morgan fingerprint density at radius 2 is 2.12 bits per heavy atom. The Bertz CT molecular complexity index is 659. The van der Waals surface area contributed by atoms with Crippen LogP contribution in [0.2, 0.25) is 0 Å². The van der Waals surface area contributed by atoms with E-state index < -0.39 is 5.97 Å². The van der Waals surface area contributed by atoms with Gasteiger partial charge in [0.2, 0.25) is 11.7 Å². The molecule has 1 saturated heterocycles. The molecular formula is C16H20N2O5S2. The zero-order valence-corrected chi connectivity index (χ0v) is 15.5. The summed E-state index contributed by atoms with van der Waals surface area (Å²) in [5, 5.41) is 2.68. The molecule has 1 aromatic heterocycles. The molecule has 0 atom stereocenters. The van der Waals surface area contributed by atoms with Crippen molar-refractivity contribution in [2.45, 2.75) is 19.8 Å². The van der Waals surface area contributed by atoms with Gasteiger partial charge in [0, 0.05) is 37.2 Å². The lowest BCUT2D eigenvalue weighted by Crippen LogP contribution is -2.27. The third kappa shape index (κ3) is 6.50. The van der Waals surface area contributed by atoms with Crippen molar-refractivity contribution in [1.82, 2.24) is 10.2 Å². The van der Waals surface area contributed by atoms with Crippen LogP contribution in [0, 0.1) is 0 Å². The molecule has 7 nitrogen and oxygen atoms in total. The van der Waals surface area contributed by atoms with Crippen molar-refractivity contribution in [3.8, 4) is 0 Å². The zero-order chi connectivity index (χ0) is 18.2. The predicted octanol–water partition coefficient (Wildman–Crippen LogP) is 1.71. The Morgan fingerprint density at radius 3 is 2.80 bits per heavy atom. The summed E-state index contributed by atoms with van der Waals surface area (Å²) in [4.78, 5) is 49.1. The van der Waals surface area contributed by atoms with E-state index in [1.165, 1.54) is 30.0 Å². The van der Waals surface area contributed by atoms with E-state index >= 15 is 0 Å². The van der Waals surface area contributed by atoms with Crippen molar-refractivity contribution in [2.24, 2.45) is 0 Å². The minimum atomic E-state index is -0.486. The highest BCUT2D eigenvalue weighted by molar-refractivity contribution is 8.13. The van der Waals surface area contributed by atoms with Gasteiger partial charge in [-0.3, -0.25) is 19.2 Å². The Labute approximate surface area is 154 Å². The number of hydrogen-bond acceptors (Lipinski definition) is 7. The molecule has 1 aromatic rings. The molecule has 136 valence electrons. The van der Waals surface area contributed by atoms with E-state index in [0.717, 1.165) is 10.6 Å². The standard InChI is InChI=1S/C16H20N2O5S2/c1-11(19)17-6-4-12-2-3-14(25-12)13(20)10-23-15(21)5-7-18-8-9-24-16(18)22/h2-3H,4-10H2,1H3,(H,17,19). The molecule has 2 heterocycles. The van der Waals surface area contributed by atoms with Crippen LogP contribution in [0.5, 0.6) is 0 Å². The number of hydrogen-bond donors (Lipinski definition) is 1. The number of Topliss-reactive ketones (excluding diaryl/α,β-unsaturated/α-hetero) is 1. The van der Waals surface area contributed by atoms with Crippen LogP contribution in [0.15, 0.2) is 12.1 Å². The average Bonchev–Trinajstić information content (AvgIpc) is 3.19. The molecule has 0 aromatic carbocycles. The fourth-order valence-corrected chi connectivity index (χ4v) is 3.95. The lowest BCUT2D eigenvalue weighted by atomic mass is 10.3. The van der Waals surface area contributed by atoms with Crippen molar-refractivity contribution in [3.63, 3.8) is 0 Å². The molecule has 0 unspecified atom stereocenters. The maximum Gasteiger partial charge on any atom is 0.308 e. The van der Waals surface area contributed by atoms with E-state index in [1.54, 1.807) is 11.0 Å². The largest absolute Gasteiger partial charge is 0.457 e. The fourth-order valence-electron chi connectivity index (χ4n) is 2.17. The number of thioether (sulfide) groups is 1. The molecule has 9 heteroatoms. The number of carbonyl (C=O) groups excluding carboxylic acids is 4. The first-order valence-corrected chi connectivity index (χ1v) is 9.69. The molecule has 1 N–H and O–H groups in total. The second-order valence-electron chi connectivity index (χ2n) is 5.43. The van der Waals surface area contributed by atoms with E-state index in [9.17, 15) is 19.2 Å². The molecule has 0 spiro atoms. The van der Waals surface area contributed by atoms with Gasteiger partial charge in [-0.25, -0.2) is 0 Å². The number of esters is 1. The highest BCUT2D eigenvalue weighted by atomic mass is 32.2. The number of ether oxygens (including phenoxy) is 1. The molecule has 0 radical (unpaired) electrons. The minimum absolute atomic E-state index is 0.0192. The summed E-state index contributed by atoms with van der Waals surface area (Å²) in [7, 11) is 0. The normalized spacial score (nSPS) is 13.8. The number of rotatable bonds is 9. The lowest BCUT2D eigenvalue weighted by molar-refractivity contribution is -0.142. The van der Waals surface area contributed by atoms with Crippen molar-refractivity contribution >= 4 is 46.0 Å². The smallest absolute Gasteiger partial charge is 0.308 e. The number of thiophene rings is 1. The summed E-state index contributed by atoms with van der Waals surface area (Å²) in [6, 6.07) is 3.53. The number of nitrogens with zero attached hydrogens (tertiary/aromatic N) is 1. The van der Waals surface area contributed by atoms with Crippen molar-refractivity contribution in [2.75, 3.05) is 32.0 Å². The van der Waals surface area contributed by atoms with Gasteiger partial charge in [0.1, 0.15) is 0 Å². The fraction of sp³-hybridized carbons (Fsp3) is 0.500. The summed E-state index contributed by atoms with van der Waals surface area (Å²) in [6.45, 7) is 2.65. The summed E-state index contributed by atoms with van der Waals surface area (Å²) in [5.41, 5.74) is 0. The molecule has 2 amide bonds. The molecule has 1 fully saturated rings. The molecular weight excluding hydrogens is 364 g/mol. The van der Waals surface area contributed by atoms with Crippen LogP contribution < -0.4 is 5.32 Å². The predicted molar refractivity (Wildman–Crippen MR) is 96.0 cm³/mol. The number of carbonyl (C=O) groups is 4. The first kappa shape index (κ1) is 19.5. The molecule has 0 saturated carbocycles. The molecule has 25 heavy (non-hydrogen) atoms. The highest BCUT2D eigenvalue weighted by Crippen LogP contribution is 2.18. The van der Waals surface area contributed by atoms with E-state index in [-0.39, 0.29) is 30.0 Å². The maximum absolute atomic E-state index is 12.1. The van der Waals surface area contributed by atoms with Crippen molar-refractivity contribution < 1.29 is 23.9 Å². The zero-order valence-electron chi connectivity index (χ0n) is 13.9. The van der Waals surface area contributed by atoms with E-state index in [4.69, 9.17) is 4.74 Å². The lowest BCUT2D eigenvalue weighted by Gasteiger charge is -2.13. The van der Waals surface area contributed by atoms with Gasteiger partial charge in [-0.15, -0.1) is 11.3 Å². The minimum Gasteiger partial charge on any atom is -0.457 e. The van der Waals surface area contributed by atoms with Crippen molar-refractivity contribution in [3.05, 3.63) is 21.9 Å². The maximum atomic E-state index is 12.1. The molecule has 1 aliphatic rings. The van der Waals surface area contributed by atoms with Gasteiger partial charge >= 0.3 is 5.97 Å². The van der Waals surface area contributed by atoms with Gasteiger partial charge in [-0.2, -0.15) is 0 Å². The summed E-state index contributed by atoms with van der Waals surface area (Å²) in [5.74, 6) is -0.0823. The van der Waals surface area contributed by atoms with Crippen LogP contribution >= 0.6 is 23.1 Å². The van der Waals surface area contributed by atoms with Crippen LogP contribution in [0.3, 0.4) is 0 Å². The Kier molecular flexibility index (Phi) is 7.45. The van der Waals surface area contributed by atoms with Crippen LogP contribution in [-0.4, -0.2) is 59.8 Å². The van der Waals surface area contributed by atoms with Crippen molar-refractivity contribution in [1.29, 1.82) is 0 Å². The average molecular weight is 384 g/mol. The van der Waals surface area contributed by atoms with Crippen LogP contribution in [0.4, 0.5) is 4.79 Å². The summed E-state index contributed by atoms with van der Waals surface area (Å²) in [6.07, 6.45) is 0.741. The topological polar surface area (TPSA) is 92.8 Å². The first-order chi connectivity index (χ1) is 12.0. The second kappa shape index (κ2) is 9.57. The number of ketones is 1. The van der Waals surface area contributed by atoms with Crippen LogP contribution in [-0.2, 0) is 20.7 Å². The van der Waals surface area contributed by atoms with Gasteiger partial charge in [-0.05, 0) is 18.6 Å². The molecule has 0 aliphatic carbocycles. The van der Waals surface area contributed by atoms with E-state index in [2.05, 4.69) is 5.32 Å². The van der Waals surface area contributed by atoms with Crippen LogP contribution in [0.25, 0.3) is 0 Å². The quantitative estimate of drug-likeness (QED) is 0.515. The third-order valence-corrected chi connectivity index (χ3v) is 5.55. The molecule has 1 aliphatic heterocycles. The van der Waals surface area contributed by atoms with Gasteiger partial charge in [0.25, 0.3) is 5.24 Å². The number of nitrogens with one attached hydrogen (secondary N) is 1. The Balaban J connectivity index is 1.69. The molecule has 2 rings (SSSR count). The monoisotopic (exact) mass is 384 g/mol. The third-order valence-electron chi connectivity index (χ3n) is 3.48. The van der Waals surface area contributed by atoms with Crippen LogP contribution in [0.1, 0.15) is 27.9 Å². The second-order valence-corrected chi connectivity index (χ2v) is 7.65. The Hall–Kier alpha value is -1.87. The SMILES string of the molecule is CC(=O)NCCc1ccc(C(=O)COC(=O)CCN2CCSC2=O)s1. The van der Waals surface area contributed by atoms with Gasteiger partial charge in [-0.1, -0.05) is 11.8 Å². The Morgan fingerprint density at radius 1 is 1.32 bits per heavy atom. The van der Waals surface area contributed by atoms with E-state index in [0.29, 0.717) is 30.9 Å². The number of amides is 2. The summed E-state index contributed by atoms with van der Waals surface area (Å²) >= 11 is 2.57. The van der Waals surface area contributed by atoms with Gasteiger partial charge < -0.3 is 15.0 Å². The van der Waals surface area contributed by atoms with Gasteiger partial charge in [0.05, 0.1) is 11.3 Å². The van der Waals surface area contributed by atoms with Gasteiger partial charge in [0.15, 0.2) is 6.61 Å². The summed E-state index contributed by atoms with van der Waals surface area (Å²) < 4.78 is 4.99. The van der Waals surface area contributed by atoms with E-state index in [1.807, 2.05) is 6.07 Å².